The van der Waals surface area contributed by atoms with E-state index in [-0.39, 0.29) is 31.1 Å². The van der Waals surface area contributed by atoms with E-state index < -0.39 is 53.8 Å². The largest absolute Gasteiger partial charge is 0.467 e. The highest BCUT2D eigenvalue weighted by Gasteiger charge is 2.31. The first-order valence-electron chi connectivity index (χ1n) is 15.2. The number of urea groups is 1. The molecule has 1 aliphatic rings. The Labute approximate surface area is 273 Å². The summed E-state index contributed by atoms with van der Waals surface area (Å²) in [7, 11) is 1.21. The normalized spacial score (nSPS) is 19.3. The van der Waals surface area contributed by atoms with E-state index in [0.717, 1.165) is 0 Å². The number of benzene rings is 2. The summed E-state index contributed by atoms with van der Waals surface area (Å²) in [6, 6.07) is 8.24. The minimum atomic E-state index is -1.19. The number of halogens is 2. The molecule has 0 bridgehead atoms. The molecule has 5 amide bonds. The monoisotopic (exact) mass is 657 g/mol. The van der Waals surface area contributed by atoms with Crippen molar-refractivity contribution in [3.8, 4) is 0 Å². The molecule has 0 saturated carbocycles. The molecule has 1 aliphatic heterocycles. The summed E-state index contributed by atoms with van der Waals surface area (Å²) in [4.78, 5) is 64.9. The third kappa shape index (κ3) is 11.2. The van der Waals surface area contributed by atoms with Gasteiger partial charge in [-0.3, -0.25) is 14.4 Å². The highest BCUT2D eigenvalue weighted by molar-refractivity contribution is 6.31. The van der Waals surface area contributed by atoms with E-state index >= 15 is 0 Å². The van der Waals surface area contributed by atoms with Crippen LogP contribution in [0.2, 0.25) is 5.02 Å². The van der Waals surface area contributed by atoms with Gasteiger partial charge in [0.15, 0.2) is 0 Å². The first-order chi connectivity index (χ1) is 22.0. The summed E-state index contributed by atoms with van der Waals surface area (Å²) >= 11 is 6.37. The highest BCUT2D eigenvalue weighted by Crippen LogP contribution is 2.18. The predicted octanol–water partition coefficient (Wildman–Crippen LogP) is 2.96. The second kappa shape index (κ2) is 17.9. The summed E-state index contributed by atoms with van der Waals surface area (Å²) < 4.78 is 19.2. The molecule has 248 valence electrons. The number of ether oxygens (including phenoxy) is 1. The van der Waals surface area contributed by atoms with Gasteiger partial charge < -0.3 is 31.3 Å². The van der Waals surface area contributed by atoms with E-state index in [1.807, 2.05) is 0 Å². The zero-order valence-corrected chi connectivity index (χ0v) is 26.9. The third-order valence-corrected chi connectivity index (χ3v) is 7.84. The minimum absolute atomic E-state index is 0.0114. The van der Waals surface area contributed by atoms with Crippen LogP contribution in [0.15, 0.2) is 60.7 Å². The van der Waals surface area contributed by atoms with Crippen LogP contribution in [0.3, 0.4) is 0 Å². The number of hydrogen-bond donors (Lipinski definition) is 5. The summed E-state index contributed by atoms with van der Waals surface area (Å²) in [6.07, 6.45) is 4.09. The lowest BCUT2D eigenvalue weighted by atomic mass is 10.0. The maximum Gasteiger partial charge on any atom is 0.328 e. The van der Waals surface area contributed by atoms with Crippen molar-refractivity contribution < 1.29 is 33.1 Å². The maximum atomic E-state index is 14.5. The van der Waals surface area contributed by atoms with Gasteiger partial charge >= 0.3 is 12.0 Å². The number of carbonyl (C=O) groups is 5. The van der Waals surface area contributed by atoms with E-state index in [2.05, 4.69) is 26.6 Å². The molecule has 46 heavy (non-hydrogen) atoms. The first kappa shape index (κ1) is 36.0. The Morgan fingerprint density at radius 3 is 2.39 bits per heavy atom. The lowest BCUT2D eigenvalue weighted by Gasteiger charge is -2.26. The molecular formula is C33H41ClFN5O6. The van der Waals surface area contributed by atoms with Gasteiger partial charge in [-0.05, 0) is 54.9 Å². The van der Waals surface area contributed by atoms with E-state index in [1.165, 1.54) is 25.3 Å². The van der Waals surface area contributed by atoms with Gasteiger partial charge in [-0.15, -0.1) is 0 Å². The molecule has 1 heterocycles. The van der Waals surface area contributed by atoms with Crippen LogP contribution in [-0.2, 0) is 36.8 Å². The van der Waals surface area contributed by atoms with Crippen molar-refractivity contribution in [2.24, 2.45) is 5.92 Å². The summed E-state index contributed by atoms with van der Waals surface area (Å²) in [5, 5.41) is 13.9. The average molecular weight is 658 g/mol. The standard InChI is InChI=1S/C33H41ClFN5O6/c1-20(2)29(32(44)46-3)40-33(45)39-27(19-21-10-4-6-12-24(21)34)31(43)38-26-14-8-9-17-36-28(41)16-15-23(37-30(26)42)18-22-11-5-7-13-25(22)35/h4-7,10-13,15-16,20,23,26-27,29H,8-9,14,17-19H2,1-3H3,(H,36,41)(H,37,42)(H,38,43)(H2,39,40,45)/b16-15+/t23-,26+,27?,29?/m1/s1. The van der Waals surface area contributed by atoms with Crippen LogP contribution < -0.4 is 26.6 Å². The molecule has 0 aliphatic carbocycles. The lowest BCUT2D eigenvalue weighted by Crippen LogP contribution is -2.58. The molecule has 13 heteroatoms. The number of methoxy groups -OCH3 is 1. The number of carbonyl (C=O) groups excluding carboxylic acids is 5. The van der Waals surface area contributed by atoms with Crippen LogP contribution in [0, 0.1) is 11.7 Å². The van der Waals surface area contributed by atoms with Gasteiger partial charge in [0.2, 0.25) is 17.7 Å². The Bertz CT molecular complexity index is 1420. The summed E-state index contributed by atoms with van der Waals surface area (Å²) in [6.45, 7) is 3.83. The molecule has 0 fully saturated rings. The fraction of sp³-hybridized carbons (Fsp3) is 0.424. The van der Waals surface area contributed by atoms with Gasteiger partial charge in [0, 0.05) is 24.1 Å². The van der Waals surface area contributed by atoms with E-state index in [1.54, 1.807) is 56.3 Å². The van der Waals surface area contributed by atoms with Crippen molar-refractivity contribution in [3.63, 3.8) is 0 Å². The molecule has 0 spiro atoms. The SMILES string of the molecule is COC(=O)C(NC(=O)NC(Cc1ccccc1Cl)C(=O)N[C@H]1CCCCNC(=O)/C=C/[C@H](Cc2ccccc2F)NC1=O)C(C)C. The molecule has 11 nitrogen and oxygen atoms in total. The Morgan fingerprint density at radius 1 is 1.02 bits per heavy atom. The van der Waals surface area contributed by atoms with Crippen LogP contribution in [0.5, 0.6) is 0 Å². The quantitative estimate of drug-likeness (QED) is 0.248. The highest BCUT2D eigenvalue weighted by atomic mass is 35.5. The molecule has 0 aromatic heterocycles. The number of nitrogens with one attached hydrogen (secondary N) is 5. The van der Waals surface area contributed by atoms with Gasteiger partial charge in [0.05, 0.1) is 13.2 Å². The van der Waals surface area contributed by atoms with Crippen LogP contribution in [0.25, 0.3) is 0 Å². The van der Waals surface area contributed by atoms with Gasteiger partial charge in [0.1, 0.15) is 23.9 Å². The molecule has 3 rings (SSSR count). The molecule has 0 radical (unpaired) electrons. The van der Waals surface area contributed by atoms with Crippen molar-refractivity contribution in [3.05, 3.63) is 82.6 Å². The van der Waals surface area contributed by atoms with Crippen LogP contribution in [0.1, 0.15) is 44.2 Å². The third-order valence-electron chi connectivity index (χ3n) is 7.47. The first-order valence-corrected chi connectivity index (χ1v) is 15.5. The van der Waals surface area contributed by atoms with Crippen molar-refractivity contribution in [1.82, 2.24) is 26.6 Å². The molecule has 0 saturated heterocycles. The Kier molecular flexibility index (Phi) is 14.0. The van der Waals surface area contributed by atoms with E-state index in [4.69, 9.17) is 16.3 Å². The topological polar surface area (TPSA) is 155 Å². The summed E-state index contributed by atoms with van der Waals surface area (Å²) in [5.41, 5.74) is 0.916. The van der Waals surface area contributed by atoms with Crippen molar-refractivity contribution in [1.29, 1.82) is 0 Å². The van der Waals surface area contributed by atoms with Crippen molar-refractivity contribution in [2.45, 2.75) is 70.1 Å². The Hall–Kier alpha value is -4.45. The molecule has 5 N–H and O–H groups in total. The molecule has 2 aromatic carbocycles. The van der Waals surface area contributed by atoms with Crippen LogP contribution in [-0.4, -0.2) is 67.5 Å². The minimum Gasteiger partial charge on any atom is -0.467 e. The fourth-order valence-electron chi connectivity index (χ4n) is 4.90. The fourth-order valence-corrected chi connectivity index (χ4v) is 5.11. The Morgan fingerprint density at radius 2 is 1.72 bits per heavy atom. The maximum absolute atomic E-state index is 14.5. The Balaban J connectivity index is 1.84. The average Bonchev–Trinajstić information content (AvgIpc) is 3.02. The number of rotatable bonds is 10. The molecule has 4 atom stereocenters. The zero-order valence-electron chi connectivity index (χ0n) is 26.1. The molecule has 2 aromatic rings. The second-order valence-electron chi connectivity index (χ2n) is 11.3. The van der Waals surface area contributed by atoms with Gasteiger partial charge in [0.25, 0.3) is 0 Å². The molecular weight excluding hydrogens is 617 g/mol. The van der Waals surface area contributed by atoms with E-state index in [0.29, 0.717) is 35.5 Å². The predicted molar refractivity (Wildman–Crippen MR) is 171 cm³/mol. The van der Waals surface area contributed by atoms with Gasteiger partial charge in [-0.1, -0.05) is 67.9 Å². The van der Waals surface area contributed by atoms with Crippen molar-refractivity contribution in [2.75, 3.05) is 13.7 Å². The zero-order chi connectivity index (χ0) is 33.6. The van der Waals surface area contributed by atoms with Crippen LogP contribution >= 0.6 is 11.6 Å². The molecule has 2 unspecified atom stereocenters. The van der Waals surface area contributed by atoms with Gasteiger partial charge in [-0.2, -0.15) is 0 Å². The van der Waals surface area contributed by atoms with Crippen molar-refractivity contribution >= 4 is 41.3 Å². The second-order valence-corrected chi connectivity index (χ2v) is 11.7. The van der Waals surface area contributed by atoms with Gasteiger partial charge in [-0.25, -0.2) is 14.0 Å². The number of amides is 5. The lowest BCUT2D eigenvalue weighted by molar-refractivity contribution is -0.144. The van der Waals surface area contributed by atoms with E-state index in [9.17, 15) is 28.4 Å². The van der Waals surface area contributed by atoms with Crippen LogP contribution in [0.4, 0.5) is 9.18 Å². The number of esters is 1. The summed E-state index contributed by atoms with van der Waals surface area (Å²) in [5.74, 6) is -2.92. The smallest absolute Gasteiger partial charge is 0.328 e. The number of hydrogen-bond acceptors (Lipinski definition) is 6.